The average Bonchev–Trinajstić information content (AvgIpc) is 2.47. The predicted molar refractivity (Wildman–Crippen MR) is 78.8 cm³/mol. The van der Waals surface area contributed by atoms with Crippen LogP contribution in [0.5, 0.6) is 5.75 Å². The van der Waals surface area contributed by atoms with Crippen LogP contribution in [0.1, 0.15) is 37.0 Å². The molecule has 0 fully saturated rings. The van der Waals surface area contributed by atoms with Crippen LogP contribution >= 0.6 is 0 Å². The highest BCUT2D eigenvalue weighted by molar-refractivity contribution is 5.58. The molecule has 2 nitrogen and oxygen atoms in total. The summed E-state index contributed by atoms with van der Waals surface area (Å²) >= 11 is 0. The number of hydrogen-bond donors (Lipinski definition) is 1. The second-order valence-electron chi connectivity index (χ2n) is 5.30. The molecule has 2 aromatic rings. The number of para-hydroxylation sites is 2. The molecule has 1 aliphatic rings. The summed E-state index contributed by atoms with van der Waals surface area (Å²) in [5.41, 5.74) is 3.68. The molecule has 2 aromatic carbocycles. The van der Waals surface area contributed by atoms with Crippen molar-refractivity contribution in [3.8, 4) is 5.75 Å². The molecule has 1 unspecified atom stereocenters. The van der Waals surface area contributed by atoms with E-state index in [-0.39, 0.29) is 6.10 Å². The summed E-state index contributed by atoms with van der Waals surface area (Å²) in [4.78, 5) is 0. The van der Waals surface area contributed by atoms with Gasteiger partial charge in [0.2, 0.25) is 0 Å². The highest BCUT2D eigenvalue weighted by Crippen LogP contribution is 2.33. The van der Waals surface area contributed by atoms with E-state index in [9.17, 15) is 0 Å². The number of fused-ring (bicyclic) bond motifs is 1. The Morgan fingerprint density at radius 3 is 2.53 bits per heavy atom. The van der Waals surface area contributed by atoms with Gasteiger partial charge in [0.15, 0.2) is 0 Å². The number of anilines is 1. The smallest absolute Gasteiger partial charge is 0.143 e. The van der Waals surface area contributed by atoms with Gasteiger partial charge in [-0.05, 0) is 29.2 Å². The second-order valence-corrected chi connectivity index (χ2v) is 5.30. The lowest BCUT2D eigenvalue weighted by Gasteiger charge is -2.27. The van der Waals surface area contributed by atoms with Crippen molar-refractivity contribution >= 4 is 5.69 Å². The molecule has 0 aromatic heterocycles. The Morgan fingerprint density at radius 1 is 1.05 bits per heavy atom. The van der Waals surface area contributed by atoms with Crippen molar-refractivity contribution in [2.24, 2.45) is 0 Å². The van der Waals surface area contributed by atoms with Crippen molar-refractivity contribution in [3.63, 3.8) is 0 Å². The maximum absolute atomic E-state index is 6.06. The van der Waals surface area contributed by atoms with E-state index in [1.54, 1.807) is 0 Å². The van der Waals surface area contributed by atoms with Crippen LogP contribution in [-0.4, -0.2) is 6.54 Å². The number of ether oxygens (including phenoxy) is 1. The Balaban J connectivity index is 1.81. The molecule has 1 atom stereocenters. The van der Waals surface area contributed by atoms with Crippen LogP contribution < -0.4 is 10.1 Å². The summed E-state index contributed by atoms with van der Waals surface area (Å²) in [5.74, 6) is 1.51. The van der Waals surface area contributed by atoms with Gasteiger partial charge in [-0.3, -0.25) is 0 Å². The molecule has 98 valence electrons. The van der Waals surface area contributed by atoms with E-state index in [2.05, 4.69) is 43.4 Å². The van der Waals surface area contributed by atoms with Crippen molar-refractivity contribution in [2.45, 2.75) is 25.9 Å². The summed E-state index contributed by atoms with van der Waals surface area (Å²) < 4.78 is 6.06. The fourth-order valence-electron chi connectivity index (χ4n) is 2.39. The molecular formula is C17H19NO. The van der Waals surface area contributed by atoms with E-state index >= 15 is 0 Å². The van der Waals surface area contributed by atoms with Crippen LogP contribution in [0.25, 0.3) is 0 Å². The van der Waals surface area contributed by atoms with Gasteiger partial charge < -0.3 is 10.1 Å². The molecule has 0 spiro atoms. The first-order chi connectivity index (χ1) is 9.24. The van der Waals surface area contributed by atoms with Gasteiger partial charge in [0.25, 0.3) is 0 Å². The van der Waals surface area contributed by atoms with Gasteiger partial charge >= 0.3 is 0 Å². The van der Waals surface area contributed by atoms with Crippen LogP contribution in [0.4, 0.5) is 5.69 Å². The SMILES string of the molecule is CC(C)c1ccc(C2CNc3ccccc3O2)cc1. The van der Waals surface area contributed by atoms with Crippen LogP contribution in [0.3, 0.4) is 0 Å². The van der Waals surface area contributed by atoms with E-state index in [0.717, 1.165) is 18.0 Å². The Morgan fingerprint density at radius 2 is 1.79 bits per heavy atom. The topological polar surface area (TPSA) is 21.3 Å². The van der Waals surface area contributed by atoms with Crippen molar-refractivity contribution in [1.29, 1.82) is 0 Å². The summed E-state index contributed by atoms with van der Waals surface area (Å²) in [6, 6.07) is 16.8. The first kappa shape index (κ1) is 12.1. The van der Waals surface area contributed by atoms with Crippen molar-refractivity contribution < 1.29 is 4.74 Å². The van der Waals surface area contributed by atoms with Crippen molar-refractivity contribution in [2.75, 3.05) is 11.9 Å². The Bertz CT molecular complexity index is 560. The number of rotatable bonds is 2. The fraction of sp³-hybridized carbons (Fsp3) is 0.294. The fourth-order valence-corrected chi connectivity index (χ4v) is 2.39. The normalized spacial score (nSPS) is 17.5. The van der Waals surface area contributed by atoms with E-state index < -0.39 is 0 Å². The van der Waals surface area contributed by atoms with Gasteiger partial charge in [-0.25, -0.2) is 0 Å². The van der Waals surface area contributed by atoms with Crippen LogP contribution in [0, 0.1) is 0 Å². The molecule has 1 heterocycles. The summed E-state index contributed by atoms with van der Waals surface area (Å²) in [6.45, 7) is 5.24. The van der Waals surface area contributed by atoms with Gasteiger partial charge in [-0.1, -0.05) is 50.2 Å². The second kappa shape index (κ2) is 4.96. The van der Waals surface area contributed by atoms with Crippen LogP contribution in [0.2, 0.25) is 0 Å². The van der Waals surface area contributed by atoms with Crippen LogP contribution in [0.15, 0.2) is 48.5 Å². The third kappa shape index (κ3) is 2.43. The average molecular weight is 253 g/mol. The zero-order valence-corrected chi connectivity index (χ0v) is 11.4. The predicted octanol–water partition coefficient (Wildman–Crippen LogP) is 4.36. The highest BCUT2D eigenvalue weighted by atomic mass is 16.5. The Hall–Kier alpha value is -1.96. The minimum absolute atomic E-state index is 0.0936. The molecule has 3 rings (SSSR count). The van der Waals surface area contributed by atoms with Gasteiger partial charge in [-0.2, -0.15) is 0 Å². The standard InChI is InChI=1S/C17H19NO/c1-12(2)13-7-9-14(10-8-13)17-11-18-15-5-3-4-6-16(15)19-17/h3-10,12,17-18H,11H2,1-2H3. The lowest BCUT2D eigenvalue weighted by atomic mass is 9.99. The largest absolute Gasteiger partial charge is 0.482 e. The van der Waals surface area contributed by atoms with Gasteiger partial charge in [0, 0.05) is 0 Å². The first-order valence-corrected chi connectivity index (χ1v) is 6.83. The third-order valence-electron chi connectivity index (χ3n) is 3.61. The molecular weight excluding hydrogens is 234 g/mol. The minimum Gasteiger partial charge on any atom is -0.482 e. The lowest BCUT2D eigenvalue weighted by Crippen LogP contribution is -2.23. The molecule has 1 aliphatic heterocycles. The molecule has 0 saturated heterocycles. The van der Waals surface area contributed by atoms with Gasteiger partial charge in [0.1, 0.15) is 11.9 Å². The summed E-state index contributed by atoms with van der Waals surface area (Å²) in [7, 11) is 0. The molecule has 2 heteroatoms. The molecule has 0 radical (unpaired) electrons. The Kier molecular flexibility index (Phi) is 3.16. The van der Waals surface area contributed by atoms with Crippen molar-refractivity contribution in [3.05, 3.63) is 59.7 Å². The van der Waals surface area contributed by atoms with Crippen molar-refractivity contribution in [1.82, 2.24) is 0 Å². The number of hydrogen-bond acceptors (Lipinski definition) is 2. The molecule has 19 heavy (non-hydrogen) atoms. The zero-order chi connectivity index (χ0) is 13.2. The van der Waals surface area contributed by atoms with E-state index in [4.69, 9.17) is 4.74 Å². The minimum atomic E-state index is 0.0936. The quantitative estimate of drug-likeness (QED) is 0.858. The van der Waals surface area contributed by atoms with Gasteiger partial charge in [-0.15, -0.1) is 0 Å². The molecule has 0 bridgehead atoms. The summed E-state index contributed by atoms with van der Waals surface area (Å²) in [6.07, 6.45) is 0.0936. The molecule has 1 N–H and O–H groups in total. The highest BCUT2D eigenvalue weighted by Gasteiger charge is 2.20. The number of benzene rings is 2. The Labute approximate surface area is 114 Å². The monoisotopic (exact) mass is 253 g/mol. The maximum atomic E-state index is 6.06. The van der Waals surface area contributed by atoms with Gasteiger partial charge in [0.05, 0.1) is 12.2 Å². The third-order valence-corrected chi connectivity index (χ3v) is 3.61. The molecule has 0 amide bonds. The number of nitrogens with one attached hydrogen (secondary N) is 1. The summed E-state index contributed by atoms with van der Waals surface area (Å²) in [5, 5.41) is 3.42. The van der Waals surface area contributed by atoms with E-state index in [1.807, 2.05) is 24.3 Å². The molecule has 0 aliphatic carbocycles. The zero-order valence-electron chi connectivity index (χ0n) is 11.4. The first-order valence-electron chi connectivity index (χ1n) is 6.83. The lowest BCUT2D eigenvalue weighted by molar-refractivity contribution is 0.210. The maximum Gasteiger partial charge on any atom is 0.143 e. The van der Waals surface area contributed by atoms with E-state index in [0.29, 0.717) is 5.92 Å². The van der Waals surface area contributed by atoms with Crippen LogP contribution in [-0.2, 0) is 0 Å². The molecule has 0 saturated carbocycles. The van der Waals surface area contributed by atoms with E-state index in [1.165, 1.54) is 11.1 Å².